The summed E-state index contributed by atoms with van der Waals surface area (Å²) in [6.45, 7) is 6.32. The largest absolute Gasteiger partial charge is 0.369 e. The van der Waals surface area contributed by atoms with E-state index in [2.05, 4.69) is 21.3 Å². The van der Waals surface area contributed by atoms with Gasteiger partial charge in [0.05, 0.1) is 6.67 Å². The molecule has 0 aliphatic rings. The van der Waals surface area contributed by atoms with Crippen LogP contribution in [0.2, 0.25) is 0 Å². The lowest BCUT2D eigenvalue weighted by molar-refractivity contribution is -0.124. The minimum absolute atomic E-state index is 0.0787. The molecule has 0 aromatic heterocycles. The summed E-state index contributed by atoms with van der Waals surface area (Å²) < 4.78 is 0. The first-order chi connectivity index (χ1) is 12.8. The van der Waals surface area contributed by atoms with Gasteiger partial charge in [-0.1, -0.05) is 13.8 Å². The van der Waals surface area contributed by atoms with E-state index in [1.807, 2.05) is 13.8 Å². The predicted octanol–water partition coefficient (Wildman–Crippen LogP) is -0.249. The SMILES string of the molecule is CCC(CC(C)NC=O)NCCC(=O)NCNC(=O)CCCC(C)C(N)=O. The number of hydrogen-bond donors (Lipinski definition) is 5. The second kappa shape index (κ2) is 15.0. The average molecular weight is 386 g/mol. The fourth-order valence-electron chi connectivity index (χ4n) is 2.52. The summed E-state index contributed by atoms with van der Waals surface area (Å²) in [5, 5.41) is 11.3. The van der Waals surface area contributed by atoms with E-state index in [0.717, 1.165) is 12.8 Å². The van der Waals surface area contributed by atoms with Crippen molar-refractivity contribution in [3.8, 4) is 0 Å². The summed E-state index contributed by atoms with van der Waals surface area (Å²) in [7, 11) is 0. The van der Waals surface area contributed by atoms with Crippen molar-refractivity contribution in [2.24, 2.45) is 11.7 Å². The van der Waals surface area contributed by atoms with E-state index in [-0.39, 0.29) is 42.4 Å². The van der Waals surface area contributed by atoms with Crippen LogP contribution in [0.25, 0.3) is 0 Å². The Kier molecular flexibility index (Phi) is 13.8. The molecule has 0 saturated carbocycles. The van der Waals surface area contributed by atoms with Crippen molar-refractivity contribution < 1.29 is 19.2 Å². The molecule has 0 aromatic rings. The maximum Gasteiger partial charge on any atom is 0.222 e. The van der Waals surface area contributed by atoms with Gasteiger partial charge >= 0.3 is 0 Å². The Morgan fingerprint density at radius 1 is 1.07 bits per heavy atom. The van der Waals surface area contributed by atoms with Crippen molar-refractivity contribution in [3.05, 3.63) is 0 Å². The van der Waals surface area contributed by atoms with Gasteiger partial charge in [-0.15, -0.1) is 0 Å². The zero-order valence-electron chi connectivity index (χ0n) is 16.7. The molecule has 4 amide bonds. The number of carbonyl (C=O) groups is 4. The molecule has 0 rings (SSSR count). The van der Waals surface area contributed by atoms with Gasteiger partial charge in [0, 0.05) is 37.4 Å². The van der Waals surface area contributed by atoms with Gasteiger partial charge in [0.2, 0.25) is 24.1 Å². The van der Waals surface area contributed by atoms with Crippen molar-refractivity contribution >= 4 is 24.1 Å². The summed E-state index contributed by atoms with van der Waals surface area (Å²) in [6, 6.07) is 0.303. The summed E-state index contributed by atoms with van der Waals surface area (Å²) >= 11 is 0. The first-order valence-electron chi connectivity index (χ1n) is 9.55. The lowest BCUT2D eigenvalue weighted by Gasteiger charge is -2.20. The van der Waals surface area contributed by atoms with Gasteiger partial charge in [0.1, 0.15) is 0 Å². The maximum atomic E-state index is 11.8. The van der Waals surface area contributed by atoms with Crippen LogP contribution in [-0.2, 0) is 19.2 Å². The summed E-state index contributed by atoms with van der Waals surface area (Å²) in [6.07, 6.45) is 4.12. The molecule has 27 heavy (non-hydrogen) atoms. The van der Waals surface area contributed by atoms with E-state index < -0.39 is 0 Å². The molecule has 0 heterocycles. The van der Waals surface area contributed by atoms with Crippen LogP contribution in [0.15, 0.2) is 0 Å². The van der Waals surface area contributed by atoms with E-state index in [4.69, 9.17) is 5.73 Å². The summed E-state index contributed by atoms with van der Waals surface area (Å²) in [4.78, 5) is 44.8. The molecule has 0 fully saturated rings. The first kappa shape index (κ1) is 24.8. The number of amides is 4. The van der Waals surface area contributed by atoms with Crippen molar-refractivity contribution in [2.75, 3.05) is 13.2 Å². The number of nitrogens with one attached hydrogen (secondary N) is 4. The average Bonchev–Trinajstić information content (AvgIpc) is 2.60. The fraction of sp³-hybridized carbons (Fsp3) is 0.778. The van der Waals surface area contributed by atoms with Crippen molar-refractivity contribution in [2.45, 2.75) is 71.4 Å². The van der Waals surface area contributed by atoms with Crippen molar-refractivity contribution in [1.29, 1.82) is 0 Å². The smallest absolute Gasteiger partial charge is 0.222 e. The molecule has 0 radical (unpaired) electrons. The van der Waals surface area contributed by atoms with E-state index in [0.29, 0.717) is 38.6 Å². The second-order valence-electron chi connectivity index (χ2n) is 6.80. The Hall–Kier alpha value is -2.16. The topological polar surface area (TPSA) is 142 Å². The van der Waals surface area contributed by atoms with Crippen LogP contribution in [-0.4, -0.2) is 49.4 Å². The molecular formula is C18H35N5O4. The monoisotopic (exact) mass is 385 g/mol. The maximum absolute atomic E-state index is 11.8. The Morgan fingerprint density at radius 2 is 1.70 bits per heavy atom. The normalized spacial score (nSPS) is 13.9. The van der Waals surface area contributed by atoms with E-state index in [1.165, 1.54) is 0 Å². The van der Waals surface area contributed by atoms with Crippen LogP contribution in [0.5, 0.6) is 0 Å². The molecule has 0 bridgehead atoms. The number of carbonyl (C=O) groups excluding carboxylic acids is 4. The van der Waals surface area contributed by atoms with Gasteiger partial charge in [-0.05, 0) is 32.6 Å². The van der Waals surface area contributed by atoms with Crippen LogP contribution in [0.1, 0.15) is 59.3 Å². The summed E-state index contributed by atoms with van der Waals surface area (Å²) in [5.41, 5.74) is 5.16. The first-order valence-corrected chi connectivity index (χ1v) is 9.55. The lowest BCUT2D eigenvalue weighted by atomic mass is 10.0. The van der Waals surface area contributed by atoms with Crippen molar-refractivity contribution in [3.63, 3.8) is 0 Å². The quantitative estimate of drug-likeness (QED) is 0.184. The van der Waals surface area contributed by atoms with Crippen LogP contribution >= 0.6 is 0 Å². The van der Waals surface area contributed by atoms with E-state index in [1.54, 1.807) is 6.92 Å². The van der Waals surface area contributed by atoms with Gasteiger partial charge in [-0.3, -0.25) is 19.2 Å². The number of nitrogens with two attached hydrogens (primary N) is 1. The van der Waals surface area contributed by atoms with E-state index in [9.17, 15) is 19.2 Å². The lowest BCUT2D eigenvalue weighted by Crippen LogP contribution is -2.40. The molecule has 0 aliphatic carbocycles. The van der Waals surface area contributed by atoms with Gasteiger partial charge in [0.25, 0.3) is 0 Å². The van der Waals surface area contributed by atoms with Crippen molar-refractivity contribution in [1.82, 2.24) is 21.3 Å². The highest BCUT2D eigenvalue weighted by Gasteiger charge is 2.12. The second-order valence-corrected chi connectivity index (χ2v) is 6.80. The Bertz CT molecular complexity index is 473. The van der Waals surface area contributed by atoms with Gasteiger partial charge in [-0.2, -0.15) is 0 Å². The Labute approximate surface area is 161 Å². The molecule has 0 aliphatic heterocycles. The minimum atomic E-state index is -0.365. The molecule has 0 aromatic carbocycles. The Morgan fingerprint density at radius 3 is 2.26 bits per heavy atom. The minimum Gasteiger partial charge on any atom is -0.369 e. The highest BCUT2D eigenvalue weighted by atomic mass is 16.2. The molecule has 3 atom stereocenters. The zero-order valence-corrected chi connectivity index (χ0v) is 16.7. The molecule has 9 nitrogen and oxygen atoms in total. The van der Waals surface area contributed by atoms with Crippen LogP contribution in [0.4, 0.5) is 0 Å². The van der Waals surface area contributed by atoms with Crippen LogP contribution in [0.3, 0.4) is 0 Å². The fourth-order valence-corrected chi connectivity index (χ4v) is 2.52. The standard InChI is InChI=1S/C18H35N5O4/c1-4-15(10-14(3)23-12-24)20-9-8-17(26)22-11-21-16(25)7-5-6-13(2)18(19)27/h12-15,20H,4-11H2,1-3H3,(H2,19,27)(H,21,25)(H,22,26)(H,23,24). The zero-order chi connectivity index (χ0) is 20.7. The van der Waals surface area contributed by atoms with E-state index >= 15 is 0 Å². The molecule has 3 unspecified atom stereocenters. The molecular weight excluding hydrogens is 350 g/mol. The molecule has 0 saturated heterocycles. The highest BCUT2D eigenvalue weighted by molar-refractivity contribution is 5.79. The molecule has 156 valence electrons. The van der Waals surface area contributed by atoms with Crippen LogP contribution < -0.4 is 27.0 Å². The molecule has 9 heteroatoms. The summed E-state index contributed by atoms with van der Waals surface area (Å²) in [5.74, 6) is -0.933. The van der Waals surface area contributed by atoms with Gasteiger partial charge < -0.3 is 27.0 Å². The molecule has 6 N–H and O–H groups in total. The predicted molar refractivity (Wildman–Crippen MR) is 103 cm³/mol. The third-order valence-corrected chi connectivity index (χ3v) is 4.37. The number of rotatable bonds is 16. The third kappa shape index (κ3) is 13.7. The molecule has 0 spiro atoms. The van der Waals surface area contributed by atoms with Gasteiger partial charge in [0.15, 0.2) is 0 Å². The van der Waals surface area contributed by atoms with Gasteiger partial charge in [-0.25, -0.2) is 0 Å². The highest BCUT2D eigenvalue weighted by Crippen LogP contribution is 2.06. The number of primary amides is 1. The van der Waals surface area contributed by atoms with Crippen LogP contribution in [0, 0.1) is 5.92 Å². The third-order valence-electron chi connectivity index (χ3n) is 4.37. The Balaban J connectivity index is 3.79. The number of hydrogen-bond acceptors (Lipinski definition) is 5.